The monoisotopic (exact) mass is 1370 g/mol. The topological polar surface area (TPSA) is 81.1 Å². The molecule has 0 radical (unpaired) electrons. The van der Waals surface area contributed by atoms with E-state index < -0.39 is 0 Å². The molecule has 0 aliphatic rings. The lowest BCUT2D eigenvalue weighted by atomic mass is 10.0. The SMILES string of the molecule is Clc1nc(-c2ccccc2)c2sc3ccccc3c2n1.c1ccc(-c2ccc3[nH]c4c(cc5c6ccccc6n6c7ccccc7c4c56)c3c2)cc1.c1ccc(-c2ccc3c(c2)c2cc4c5ccccc5n5c6ccccc6c(c2n3-c2nc(-c3ccccc3)c3sc6ccccc6c3n2)c45)cc1. The quantitative estimate of drug-likeness (QED) is 0.174. The summed E-state index contributed by atoms with van der Waals surface area (Å²) >= 11 is 9.59. The smallest absolute Gasteiger partial charge is 0.235 e. The molecule has 0 spiro atoms. The maximum absolute atomic E-state index is 6.11. The van der Waals surface area contributed by atoms with Crippen LogP contribution in [0.5, 0.6) is 0 Å². The van der Waals surface area contributed by atoms with Gasteiger partial charge in [-0.05, 0) is 107 Å². The standard InChI is InChI=1S/C46H26N4S.C30H18N2.C16H9ClN2S/c1-3-13-27(14-4-1)29-23-24-38-33(25-29)35-26-34-30-17-7-10-20-36(30)49-37-21-11-8-18-31(37)40(43(34)49)44(35)50(38)46-47-41(28-15-5-2-6-16-28)45-42(48-46)32-19-9-12-22-39(32)51-45;1-2-8-18(9-3-1)19-14-15-25-22(16-19)23-17-24-20-10-4-6-12-26(20)32-27-13-7-5-11-21(27)28(30(24)32)29(23)31-25;17-16-18-13(10-6-2-1-3-7-10)15-14(19-16)11-8-4-5-9-12(11)20-15/h1-26H;1-17,31H;1-9H. The van der Waals surface area contributed by atoms with Crippen molar-refractivity contribution in [1.82, 2.24) is 38.3 Å². The number of thiophene rings is 2. The Morgan fingerprint density at radius 1 is 0.282 bits per heavy atom. The van der Waals surface area contributed by atoms with Crippen LogP contribution in [0.4, 0.5) is 0 Å². The molecular weight excluding hydrogens is 1320 g/mol. The molecule has 11 heteroatoms. The van der Waals surface area contributed by atoms with Crippen LogP contribution >= 0.6 is 34.3 Å². The van der Waals surface area contributed by atoms with Gasteiger partial charge in [-0.15, -0.1) is 22.7 Å². The second-order valence-corrected chi connectivity index (χ2v) is 29.0. The number of rotatable bonds is 5. The highest BCUT2D eigenvalue weighted by Crippen LogP contribution is 2.50. The van der Waals surface area contributed by atoms with E-state index in [0.717, 1.165) is 64.8 Å². The number of H-pyrrole nitrogens is 1. The van der Waals surface area contributed by atoms with Gasteiger partial charge in [0.15, 0.2) is 0 Å². The zero-order valence-electron chi connectivity index (χ0n) is 54.8. The number of benzene rings is 14. The third-order valence-corrected chi connectivity index (χ3v) is 23.5. The van der Waals surface area contributed by atoms with Crippen molar-refractivity contribution in [3.8, 4) is 50.7 Å². The van der Waals surface area contributed by atoms with Crippen molar-refractivity contribution in [1.29, 1.82) is 0 Å². The number of halogens is 1. The fraction of sp³-hybridized carbons (Fsp3) is 0. The van der Waals surface area contributed by atoms with Gasteiger partial charge in [0, 0.05) is 101 Å². The van der Waals surface area contributed by atoms with Crippen LogP contribution in [0.1, 0.15) is 0 Å². The number of fused-ring (bicyclic) bond motifs is 26. The number of hydrogen-bond acceptors (Lipinski definition) is 6. The molecule has 8 nitrogen and oxygen atoms in total. The Labute approximate surface area is 600 Å². The Hall–Kier alpha value is -12.8. The molecule has 0 amide bonds. The Morgan fingerprint density at radius 3 is 1.26 bits per heavy atom. The third-order valence-electron chi connectivity index (χ3n) is 20.9. The summed E-state index contributed by atoms with van der Waals surface area (Å²) in [6.45, 7) is 0. The van der Waals surface area contributed by atoms with Crippen molar-refractivity contribution < 1.29 is 0 Å². The Kier molecular flexibility index (Phi) is 12.7. The van der Waals surface area contributed by atoms with Gasteiger partial charge in [0.25, 0.3) is 0 Å². The average molecular weight is 1370 g/mol. The molecule has 14 aromatic carbocycles. The van der Waals surface area contributed by atoms with Gasteiger partial charge in [-0.3, -0.25) is 4.57 Å². The molecule has 10 aromatic heterocycles. The zero-order chi connectivity index (χ0) is 67.5. The van der Waals surface area contributed by atoms with Gasteiger partial charge >= 0.3 is 0 Å². The summed E-state index contributed by atoms with van der Waals surface area (Å²) in [6.07, 6.45) is 0. The predicted octanol–water partition coefficient (Wildman–Crippen LogP) is 25.7. The molecule has 0 saturated heterocycles. The summed E-state index contributed by atoms with van der Waals surface area (Å²) in [4.78, 5) is 23.6. The first kappa shape index (κ1) is 58.0. The maximum atomic E-state index is 6.11. The normalized spacial score (nSPS) is 12.1. The van der Waals surface area contributed by atoms with Crippen LogP contribution in [0.15, 0.2) is 315 Å². The van der Waals surface area contributed by atoms with Gasteiger partial charge in [-0.1, -0.05) is 243 Å². The van der Waals surface area contributed by atoms with E-state index in [1.165, 1.54) is 140 Å². The molecule has 10 heterocycles. The van der Waals surface area contributed by atoms with E-state index >= 15 is 0 Å². The number of hydrogen-bond donors (Lipinski definition) is 1. The molecule has 24 aromatic rings. The zero-order valence-corrected chi connectivity index (χ0v) is 57.2. The number of nitrogens with zero attached hydrogens (tertiary/aromatic N) is 7. The van der Waals surface area contributed by atoms with E-state index in [4.69, 9.17) is 21.6 Å². The van der Waals surface area contributed by atoms with Crippen molar-refractivity contribution in [3.63, 3.8) is 0 Å². The highest BCUT2D eigenvalue weighted by atomic mass is 35.5. The molecule has 0 aliphatic carbocycles. The minimum atomic E-state index is 0.292. The second-order valence-electron chi connectivity index (χ2n) is 26.5. The van der Waals surface area contributed by atoms with E-state index in [0.29, 0.717) is 11.2 Å². The Balaban J connectivity index is 0.000000109. The molecule has 480 valence electrons. The fourth-order valence-corrected chi connectivity index (χ4v) is 19.0. The van der Waals surface area contributed by atoms with Crippen molar-refractivity contribution in [2.75, 3.05) is 0 Å². The van der Waals surface area contributed by atoms with Gasteiger partial charge in [0.2, 0.25) is 11.2 Å². The molecule has 24 rings (SSSR count). The van der Waals surface area contributed by atoms with Crippen molar-refractivity contribution >= 4 is 195 Å². The van der Waals surface area contributed by atoms with Gasteiger partial charge < -0.3 is 13.8 Å². The molecule has 103 heavy (non-hydrogen) atoms. The van der Waals surface area contributed by atoms with Crippen LogP contribution < -0.4 is 0 Å². The molecule has 0 unspecified atom stereocenters. The molecule has 0 bridgehead atoms. The fourth-order valence-electron chi connectivity index (χ4n) is 16.5. The van der Waals surface area contributed by atoms with Crippen molar-refractivity contribution in [2.45, 2.75) is 0 Å². The van der Waals surface area contributed by atoms with Gasteiger partial charge in [-0.2, -0.15) is 0 Å². The summed E-state index contributed by atoms with van der Waals surface area (Å²) in [5.41, 5.74) is 23.0. The summed E-state index contributed by atoms with van der Waals surface area (Å²) in [6, 6.07) is 112. The van der Waals surface area contributed by atoms with Gasteiger partial charge in [0.05, 0.1) is 81.5 Å². The summed E-state index contributed by atoms with van der Waals surface area (Å²) in [5.74, 6) is 0.681. The number of aromatic amines is 1. The first-order valence-electron chi connectivity index (χ1n) is 34.5. The highest BCUT2D eigenvalue weighted by molar-refractivity contribution is 7.26. The van der Waals surface area contributed by atoms with E-state index in [2.05, 4.69) is 301 Å². The predicted molar refractivity (Wildman–Crippen MR) is 436 cm³/mol. The maximum Gasteiger partial charge on any atom is 0.235 e. The average Bonchev–Trinajstić information content (AvgIpc) is 1.52. The number of nitrogens with one attached hydrogen (secondary N) is 1. The lowest BCUT2D eigenvalue weighted by Crippen LogP contribution is -2.03. The van der Waals surface area contributed by atoms with E-state index in [1.807, 2.05) is 42.5 Å². The molecule has 0 saturated carbocycles. The van der Waals surface area contributed by atoms with Crippen LogP contribution in [0, 0.1) is 0 Å². The molecule has 0 aliphatic heterocycles. The van der Waals surface area contributed by atoms with Crippen LogP contribution in [0.25, 0.3) is 211 Å². The first-order chi connectivity index (χ1) is 51.0. The van der Waals surface area contributed by atoms with Gasteiger partial charge in [0.1, 0.15) is 0 Å². The van der Waals surface area contributed by atoms with Crippen molar-refractivity contribution in [3.05, 3.63) is 321 Å². The summed E-state index contributed by atoms with van der Waals surface area (Å²) < 4.78 is 11.8. The minimum absolute atomic E-state index is 0.292. The van der Waals surface area contributed by atoms with E-state index in [9.17, 15) is 0 Å². The lowest BCUT2D eigenvalue weighted by Gasteiger charge is -2.11. The molecule has 0 atom stereocenters. The summed E-state index contributed by atoms with van der Waals surface area (Å²) in [5, 5.41) is 17.8. The number of aromatic nitrogens is 8. The minimum Gasteiger partial charge on any atom is -0.354 e. The second kappa shape index (κ2) is 22.6. The van der Waals surface area contributed by atoms with Crippen molar-refractivity contribution in [2.24, 2.45) is 0 Å². The Bertz CT molecular complexity index is 7560. The van der Waals surface area contributed by atoms with Crippen LogP contribution in [-0.4, -0.2) is 38.3 Å². The van der Waals surface area contributed by atoms with Crippen LogP contribution in [-0.2, 0) is 0 Å². The third kappa shape index (κ3) is 8.69. The van der Waals surface area contributed by atoms with Crippen LogP contribution in [0.2, 0.25) is 5.28 Å². The number of para-hydroxylation sites is 4. The molecular formula is C92H53ClN8S2. The summed E-state index contributed by atoms with van der Waals surface area (Å²) in [7, 11) is 0. The lowest BCUT2D eigenvalue weighted by molar-refractivity contribution is 1.02. The van der Waals surface area contributed by atoms with E-state index in [1.54, 1.807) is 22.7 Å². The Morgan fingerprint density at radius 2 is 0.699 bits per heavy atom. The molecule has 1 N–H and O–H groups in total. The largest absolute Gasteiger partial charge is 0.354 e. The van der Waals surface area contributed by atoms with E-state index in [-0.39, 0.29) is 0 Å². The highest BCUT2D eigenvalue weighted by Gasteiger charge is 2.28. The molecule has 0 fully saturated rings. The first-order valence-corrected chi connectivity index (χ1v) is 36.6. The van der Waals surface area contributed by atoms with Gasteiger partial charge in [-0.25, -0.2) is 19.9 Å². The van der Waals surface area contributed by atoms with Crippen LogP contribution in [0.3, 0.4) is 0 Å².